The van der Waals surface area contributed by atoms with Crippen LogP contribution in [0, 0.1) is 0 Å². The van der Waals surface area contributed by atoms with Gasteiger partial charge in [-0.15, -0.1) is 4.59 Å². The maximum Gasteiger partial charge on any atom is 0.225 e. The number of fused-ring (bicyclic) bond motifs is 1. The average molecular weight is 491 g/mol. The number of rotatable bonds is 10. The Kier molecular flexibility index (Phi) is 6.43. The van der Waals surface area contributed by atoms with Crippen LogP contribution in [-0.2, 0) is 13.2 Å². The van der Waals surface area contributed by atoms with Gasteiger partial charge in [0.1, 0.15) is 17.9 Å². The Labute approximate surface area is 218 Å². The molecule has 1 fully saturated rings. The normalized spacial score (nSPS) is 20.7. The molecule has 0 spiro atoms. The summed E-state index contributed by atoms with van der Waals surface area (Å²) in [6.07, 6.45) is 13.2. The lowest BCUT2D eigenvalue weighted by Gasteiger charge is -2.55. The molecule has 6 nitrogen and oxygen atoms in total. The molecule has 0 amide bonds. The third kappa shape index (κ3) is 4.61. The maximum atomic E-state index is 6.24. The lowest BCUT2D eigenvalue weighted by Crippen LogP contribution is -2.70. The summed E-state index contributed by atoms with van der Waals surface area (Å²) in [6.45, 7) is 2.24. The minimum absolute atomic E-state index is 0.0855. The Morgan fingerprint density at radius 1 is 0.892 bits per heavy atom. The number of nitrogens with one attached hydrogen (secondary N) is 1. The lowest BCUT2D eigenvalue weighted by atomic mass is 9.75. The molecule has 186 valence electrons. The van der Waals surface area contributed by atoms with E-state index >= 15 is 0 Å². The van der Waals surface area contributed by atoms with Crippen molar-refractivity contribution in [1.29, 1.82) is 0 Å². The third-order valence-corrected chi connectivity index (χ3v) is 7.45. The highest BCUT2D eigenvalue weighted by Gasteiger charge is 2.55. The molecule has 1 atom stereocenters. The first-order valence-corrected chi connectivity index (χ1v) is 12.9. The molecule has 3 aromatic carbocycles. The van der Waals surface area contributed by atoms with Crippen molar-refractivity contribution in [2.24, 2.45) is 9.98 Å². The molecule has 2 heterocycles. The van der Waals surface area contributed by atoms with E-state index in [1.807, 2.05) is 49.2 Å². The van der Waals surface area contributed by atoms with Crippen molar-refractivity contribution in [1.82, 2.24) is 5.32 Å². The molecule has 6 rings (SSSR count). The molecule has 2 aliphatic heterocycles. The fourth-order valence-corrected chi connectivity index (χ4v) is 5.46. The maximum absolute atomic E-state index is 6.24. The molecule has 1 unspecified atom stereocenters. The van der Waals surface area contributed by atoms with Crippen LogP contribution in [-0.4, -0.2) is 29.2 Å². The largest absolute Gasteiger partial charge is 0.489 e. The summed E-state index contributed by atoms with van der Waals surface area (Å²) in [5.74, 6) is 0.854. The first-order valence-electron chi connectivity index (χ1n) is 12.9. The first-order chi connectivity index (χ1) is 18.3. The van der Waals surface area contributed by atoms with Crippen LogP contribution in [0.2, 0.25) is 0 Å². The number of ether oxygens (including phenoxy) is 1. The number of quaternary nitrogens is 1. The first kappa shape index (κ1) is 23.4. The summed E-state index contributed by atoms with van der Waals surface area (Å²) < 4.78 is 6.64. The second-order valence-corrected chi connectivity index (χ2v) is 9.88. The van der Waals surface area contributed by atoms with Crippen LogP contribution < -0.4 is 15.1 Å². The van der Waals surface area contributed by atoms with Gasteiger partial charge < -0.3 is 10.1 Å². The Balaban J connectivity index is 1.32. The van der Waals surface area contributed by atoms with Gasteiger partial charge in [0.15, 0.2) is 6.20 Å². The van der Waals surface area contributed by atoms with E-state index < -0.39 is 0 Å². The number of allylic oxidation sites excluding steroid dienone is 1. The molecule has 3 aromatic rings. The zero-order valence-electron chi connectivity index (χ0n) is 20.9. The smallest absolute Gasteiger partial charge is 0.225 e. The van der Waals surface area contributed by atoms with Crippen LogP contribution in [0.1, 0.15) is 30.4 Å². The van der Waals surface area contributed by atoms with Crippen molar-refractivity contribution < 1.29 is 9.33 Å². The standard InChI is InChI=1S/C31H32N5O/c1-3-9-26(10-4-1)20-33-24-31(15-8-16-31)35(36-18-17-32-21-29(36)22-34-25-36)28-13-7-14-30(19-28)37-23-27-11-5-2-6-12-27/h1-7,9-14,17-19,21-22,25,33H,8,15-16,20,23-24H2/q+1. The van der Waals surface area contributed by atoms with Crippen molar-refractivity contribution in [2.45, 2.75) is 38.0 Å². The molecular formula is C31H32N5O+. The molecule has 37 heavy (non-hydrogen) atoms. The van der Waals surface area contributed by atoms with E-state index in [1.54, 1.807) is 0 Å². The quantitative estimate of drug-likeness (QED) is 0.357. The summed E-state index contributed by atoms with van der Waals surface area (Å²) in [5.41, 5.74) is 4.50. The van der Waals surface area contributed by atoms with Crippen molar-refractivity contribution in [3.05, 3.63) is 120 Å². The number of aliphatic imine (C=N–C) groups is 2. The van der Waals surface area contributed by atoms with Gasteiger partial charge in [-0.05, 0) is 42.5 Å². The number of benzene rings is 3. The predicted octanol–water partition coefficient (Wildman–Crippen LogP) is 5.96. The third-order valence-electron chi connectivity index (χ3n) is 7.45. The molecular weight excluding hydrogens is 458 g/mol. The van der Waals surface area contributed by atoms with E-state index in [0.29, 0.717) is 11.2 Å². The van der Waals surface area contributed by atoms with Crippen molar-refractivity contribution >= 4 is 18.2 Å². The topological polar surface area (TPSA) is 49.2 Å². The van der Waals surface area contributed by atoms with E-state index in [9.17, 15) is 0 Å². The Hall–Kier alpha value is -4.00. The molecule has 6 heteroatoms. The molecule has 1 N–H and O–H groups in total. The van der Waals surface area contributed by atoms with Crippen LogP contribution in [0.4, 0.5) is 5.69 Å². The van der Waals surface area contributed by atoms with Gasteiger partial charge in [-0.3, -0.25) is 4.99 Å². The molecule has 3 aliphatic rings. The highest BCUT2D eigenvalue weighted by atomic mass is 16.5. The Morgan fingerprint density at radius 2 is 1.68 bits per heavy atom. The van der Waals surface area contributed by atoms with Gasteiger partial charge >= 0.3 is 0 Å². The fraction of sp³-hybridized carbons (Fsp3) is 0.226. The molecule has 0 saturated heterocycles. The highest BCUT2D eigenvalue weighted by molar-refractivity contribution is 5.82. The average Bonchev–Trinajstić information content (AvgIpc) is 3.36. The fourth-order valence-electron chi connectivity index (χ4n) is 5.46. The summed E-state index contributed by atoms with van der Waals surface area (Å²) in [6, 6.07) is 29.4. The summed E-state index contributed by atoms with van der Waals surface area (Å²) in [5, 5.41) is 6.27. The minimum Gasteiger partial charge on any atom is -0.489 e. The molecule has 1 aliphatic carbocycles. The number of nitrogens with zero attached hydrogens (tertiary/aromatic N) is 4. The number of hydrogen-bond donors (Lipinski definition) is 1. The minimum atomic E-state index is -0.0855. The van der Waals surface area contributed by atoms with Gasteiger partial charge in [-0.2, -0.15) is 0 Å². The summed E-state index contributed by atoms with van der Waals surface area (Å²) >= 11 is 0. The second kappa shape index (κ2) is 10.2. The lowest BCUT2D eigenvalue weighted by molar-refractivity contribution is -0.751. The summed E-state index contributed by atoms with van der Waals surface area (Å²) in [4.78, 5) is 9.01. The van der Waals surface area contributed by atoms with Crippen LogP contribution in [0.5, 0.6) is 5.75 Å². The molecule has 0 aromatic heterocycles. The monoisotopic (exact) mass is 490 g/mol. The van der Waals surface area contributed by atoms with Gasteiger partial charge in [0.05, 0.1) is 24.3 Å². The number of anilines is 1. The molecule has 0 bridgehead atoms. The van der Waals surface area contributed by atoms with Crippen molar-refractivity contribution in [2.75, 3.05) is 11.6 Å². The van der Waals surface area contributed by atoms with E-state index in [1.165, 1.54) is 12.0 Å². The molecule has 0 radical (unpaired) electrons. The van der Waals surface area contributed by atoms with Gasteiger partial charge in [-0.1, -0.05) is 66.7 Å². The van der Waals surface area contributed by atoms with Gasteiger partial charge in [0, 0.05) is 19.2 Å². The van der Waals surface area contributed by atoms with Crippen molar-refractivity contribution in [3.8, 4) is 5.75 Å². The zero-order chi connectivity index (χ0) is 25.0. The van der Waals surface area contributed by atoms with Crippen LogP contribution >= 0.6 is 0 Å². The number of hydrogen-bond acceptors (Lipinski definition) is 5. The zero-order valence-corrected chi connectivity index (χ0v) is 20.9. The van der Waals surface area contributed by atoms with Crippen molar-refractivity contribution in [3.63, 3.8) is 0 Å². The Morgan fingerprint density at radius 3 is 2.43 bits per heavy atom. The summed E-state index contributed by atoms with van der Waals surface area (Å²) in [7, 11) is 0. The van der Waals surface area contributed by atoms with Gasteiger partial charge in [0.2, 0.25) is 12.0 Å². The van der Waals surface area contributed by atoms with Crippen LogP contribution in [0.3, 0.4) is 0 Å². The van der Waals surface area contributed by atoms with E-state index in [-0.39, 0.29) is 5.54 Å². The van der Waals surface area contributed by atoms with Crippen LogP contribution in [0.15, 0.2) is 119 Å². The van der Waals surface area contributed by atoms with E-state index in [0.717, 1.165) is 48.6 Å². The molecule has 1 saturated carbocycles. The Bertz CT molecular complexity index is 1340. The predicted molar refractivity (Wildman–Crippen MR) is 149 cm³/mol. The second-order valence-electron chi connectivity index (χ2n) is 9.88. The van der Waals surface area contributed by atoms with Gasteiger partial charge in [0.25, 0.3) is 0 Å². The van der Waals surface area contributed by atoms with Gasteiger partial charge in [-0.25, -0.2) is 10.0 Å². The van der Waals surface area contributed by atoms with E-state index in [4.69, 9.17) is 4.74 Å². The SMILES string of the molecule is C1=C[N+]2(N(c3cccc(OCc4ccccc4)c3)C3(CNCc4ccccc4)CCC3)C=NC=C2C=N1. The van der Waals surface area contributed by atoms with Crippen LogP contribution in [0.25, 0.3) is 0 Å². The highest BCUT2D eigenvalue weighted by Crippen LogP contribution is 2.46. The van der Waals surface area contributed by atoms with E-state index in [2.05, 4.69) is 87.2 Å².